The summed E-state index contributed by atoms with van der Waals surface area (Å²) >= 11 is 1.71. The monoisotopic (exact) mass is 262 g/mol. The lowest BCUT2D eigenvalue weighted by atomic mass is 10.0. The van der Waals surface area contributed by atoms with E-state index in [1.807, 2.05) is 26.2 Å². The highest BCUT2D eigenvalue weighted by Crippen LogP contribution is 2.16. The lowest BCUT2D eigenvalue weighted by molar-refractivity contribution is 0.555. The number of likely N-dealkylation sites (N-methyl/N-ethyl adjacent to an activating group) is 1. The Labute approximate surface area is 111 Å². The van der Waals surface area contributed by atoms with Crippen molar-refractivity contribution in [2.75, 3.05) is 12.8 Å². The first-order valence-corrected chi connectivity index (χ1v) is 6.83. The zero-order valence-electron chi connectivity index (χ0n) is 10.7. The molecule has 0 aliphatic carbocycles. The van der Waals surface area contributed by atoms with Gasteiger partial charge in [0.05, 0.1) is 5.01 Å². The van der Waals surface area contributed by atoms with Gasteiger partial charge in [0.2, 0.25) is 0 Å². The standard InChI is InChI=1S/C13H18N4S/c1-9-8-18-13(17-9)6-11(15-2)5-10-7-16-4-3-12(10)14/h3-4,7-8,11,15H,5-6H2,1-2H3,(H2,14,16). The summed E-state index contributed by atoms with van der Waals surface area (Å²) in [6.07, 6.45) is 5.35. The highest BCUT2D eigenvalue weighted by Gasteiger charge is 2.12. The van der Waals surface area contributed by atoms with Crippen LogP contribution in [0, 0.1) is 6.92 Å². The number of anilines is 1. The van der Waals surface area contributed by atoms with Crippen LogP contribution in [0.1, 0.15) is 16.3 Å². The molecule has 2 aromatic rings. The van der Waals surface area contributed by atoms with Gasteiger partial charge in [0, 0.05) is 41.6 Å². The smallest absolute Gasteiger partial charge is 0.0943 e. The summed E-state index contributed by atoms with van der Waals surface area (Å²) in [7, 11) is 1.97. The minimum absolute atomic E-state index is 0.335. The largest absolute Gasteiger partial charge is 0.398 e. The van der Waals surface area contributed by atoms with Crippen LogP contribution in [0.4, 0.5) is 5.69 Å². The van der Waals surface area contributed by atoms with Crippen LogP contribution in [0.3, 0.4) is 0 Å². The molecule has 0 amide bonds. The molecular formula is C13H18N4S. The first-order valence-electron chi connectivity index (χ1n) is 5.95. The molecule has 2 aromatic heterocycles. The van der Waals surface area contributed by atoms with Gasteiger partial charge in [-0.15, -0.1) is 11.3 Å². The van der Waals surface area contributed by atoms with E-state index in [1.54, 1.807) is 17.5 Å². The van der Waals surface area contributed by atoms with E-state index in [0.29, 0.717) is 6.04 Å². The maximum Gasteiger partial charge on any atom is 0.0943 e. The number of thiazole rings is 1. The van der Waals surface area contributed by atoms with Crippen LogP contribution in [-0.4, -0.2) is 23.1 Å². The van der Waals surface area contributed by atoms with Crippen molar-refractivity contribution >= 4 is 17.0 Å². The van der Waals surface area contributed by atoms with Gasteiger partial charge < -0.3 is 11.1 Å². The number of pyridine rings is 1. The van der Waals surface area contributed by atoms with Gasteiger partial charge in [-0.25, -0.2) is 4.98 Å². The Kier molecular flexibility index (Phi) is 4.28. The summed E-state index contributed by atoms with van der Waals surface area (Å²) < 4.78 is 0. The number of nitrogens with one attached hydrogen (secondary N) is 1. The van der Waals surface area contributed by atoms with Gasteiger partial charge in [0.15, 0.2) is 0 Å². The maximum atomic E-state index is 5.94. The highest BCUT2D eigenvalue weighted by molar-refractivity contribution is 7.09. The SMILES string of the molecule is CNC(Cc1nc(C)cs1)Cc1cnccc1N. The number of aromatic nitrogens is 2. The molecule has 0 saturated heterocycles. The third-order valence-electron chi connectivity index (χ3n) is 2.90. The fourth-order valence-electron chi connectivity index (χ4n) is 1.86. The van der Waals surface area contributed by atoms with Crippen molar-refractivity contribution in [1.82, 2.24) is 15.3 Å². The van der Waals surface area contributed by atoms with Crippen molar-refractivity contribution in [3.05, 3.63) is 40.1 Å². The molecule has 3 N–H and O–H groups in total. The molecule has 2 heterocycles. The topological polar surface area (TPSA) is 63.8 Å². The molecule has 0 spiro atoms. The number of rotatable bonds is 5. The van der Waals surface area contributed by atoms with Gasteiger partial charge in [-0.3, -0.25) is 4.98 Å². The Morgan fingerprint density at radius 2 is 2.28 bits per heavy atom. The number of nitrogen functional groups attached to an aromatic ring is 1. The van der Waals surface area contributed by atoms with Crippen molar-refractivity contribution < 1.29 is 0 Å². The van der Waals surface area contributed by atoms with Crippen LogP contribution >= 0.6 is 11.3 Å². The van der Waals surface area contributed by atoms with E-state index in [1.165, 1.54) is 0 Å². The van der Waals surface area contributed by atoms with E-state index in [9.17, 15) is 0 Å². The van der Waals surface area contributed by atoms with E-state index in [0.717, 1.165) is 34.8 Å². The number of nitrogens with zero attached hydrogens (tertiary/aromatic N) is 2. The summed E-state index contributed by atoms with van der Waals surface area (Å²) in [5.74, 6) is 0. The van der Waals surface area contributed by atoms with E-state index < -0.39 is 0 Å². The molecule has 0 radical (unpaired) electrons. The minimum Gasteiger partial charge on any atom is -0.398 e. The van der Waals surface area contributed by atoms with Crippen molar-refractivity contribution in [3.63, 3.8) is 0 Å². The zero-order chi connectivity index (χ0) is 13.0. The molecule has 96 valence electrons. The van der Waals surface area contributed by atoms with Gasteiger partial charge in [-0.2, -0.15) is 0 Å². The van der Waals surface area contributed by atoms with E-state index >= 15 is 0 Å². The van der Waals surface area contributed by atoms with Gasteiger partial charge >= 0.3 is 0 Å². The summed E-state index contributed by atoms with van der Waals surface area (Å²) in [5.41, 5.74) is 8.92. The summed E-state index contributed by atoms with van der Waals surface area (Å²) in [6, 6.07) is 2.18. The Hall–Kier alpha value is -1.46. The molecule has 1 unspecified atom stereocenters. The predicted octanol–water partition coefficient (Wildman–Crippen LogP) is 1.80. The third-order valence-corrected chi connectivity index (χ3v) is 3.89. The van der Waals surface area contributed by atoms with Crippen molar-refractivity contribution in [2.45, 2.75) is 25.8 Å². The zero-order valence-corrected chi connectivity index (χ0v) is 11.5. The molecule has 4 nitrogen and oxygen atoms in total. The second-order valence-electron chi connectivity index (χ2n) is 4.35. The Morgan fingerprint density at radius 1 is 1.44 bits per heavy atom. The summed E-state index contributed by atoms with van der Waals surface area (Å²) in [4.78, 5) is 8.62. The van der Waals surface area contributed by atoms with E-state index in [4.69, 9.17) is 5.73 Å². The average Bonchev–Trinajstić information content (AvgIpc) is 2.76. The van der Waals surface area contributed by atoms with E-state index in [-0.39, 0.29) is 0 Å². The summed E-state index contributed by atoms with van der Waals surface area (Å²) in [6.45, 7) is 2.02. The quantitative estimate of drug-likeness (QED) is 0.862. The molecule has 0 aliphatic rings. The van der Waals surface area contributed by atoms with Gasteiger partial charge in [0.1, 0.15) is 0 Å². The molecule has 5 heteroatoms. The van der Waals surface area contributed by atoms with Crippen molar-refractivity contribution in [3.8, 4) is 0 Å². The molecule has 0 aliphatic heterocycles. The van der Waals surface area contributed by atoms with E-state index in [2.05, 4.69) is 20.7 Å². The number of aryl methyl sites for hydroxylation is 1. The van der Waals surface area contributed by atoms with Crippen molar-refractivity contribution in [2.24, 2.45) is 0 Å². The highest BCUT2D eigenvalue weighted by atomic mass is 32.1. The first-order chi connectivity index (χ1) is 8.69. The molecule has 0 bridgehead atoms. The second kappa shape index (κ2) is 5.93. The number of hydrogen-bond acceptors (Lipinski definition) is 5. The van der Waals surface area contributed by atoms with Gasteiger partial charge in [-0.05, 0) is 32.0 Å². The number of hydrogen-bond donors (Lipinski definition) is 2. The van der Waals surface area contributed by atoms with Crippen LogP contribution in [0.5, 0.6) is 0 Å². The van der Waals surface area contributed by atoms with Crippen LogP contribution in [-0.2, 0) is 12.8 Å². The second-order valence-corrected chi connectivity index (χ2v) is 5.29. The normalized spacial score (nSPS) is 12.6. The first kappa shape index (κ1) is 13.0. The number of nitrogens with two attached hydrogens (primary N) is 1. The minimum atomic E-state index is 0.335. The fraction of sp³-hybridized carbons (Fsp3) is 0.385. The van der Waals surface area contributed by atoms with Crippen LogP contribution < -0.4 is 11.1 Å². The molecular weight excluding hydrogens is 244 g/mol. The van der Waals surface area contributed by atoms with Crippen LogP contribution in [0.15, 0.2) is 23.8 Å². The lowest BCUT2D eigenvalue weighted by Crippen LogP contribution is -2.30. The molecule has 18 heavy (non-hydrogen) atoms. The molecule has 2 rings (SSSR count). The molecule has 0 aromatic carbocycles. The fourth-order valence-corrected chi connectivity index (χ4v) is 2.71. The summed E-state index contributed by atoms with van der Waals surface area (Å²) in [5, 5.41) is 6.56. The Morgan fingerprint density at radius 3 is 2.89 bits per heavy atom. The van der Waals surface area contributed by atoms with Crippen LogP contribution in [0.2, 0.25) is 0 Å². The average molecular weight is 262 g/mol. The third kappa shape index (κ3) is 3.27. The van der Waals surface area contributed by atoms with Crippen LogP contribution in [0.25, 0.3) is 0 Å². The maximum absolute atomic E-state index is 5.94. The van der Waals surface area contributed by atoms with Crippen molar-refractivity contribution in [1.29, 1.82) is 0 Å². The molecule has 0 fully saturated rings. The van der Waals surface area contributed by atoms with Gasteiger partial charge in [-0.1, -0.05) is 0 Å². The molecule has 0 saturated carbocycles. The predicted molar refractivity (Wildman–Crippen MR) is 75.8 cm³/mol. The lowest BCUT2D eigenvalue weighted by Gasteiger charge is -2.15. The Balaban J connectivity index is 2.04. The molecule has 1 atom stereocenters. The van der Waals surface area contributed by atoms with Gasteiger partial charge in [0.25, 0.3) is 0 Å². The Bertz CT molecular complexity index is 509.